The Morgan fingerprint density at radius 2 is 1.96 bits per heavy atom. The zero-order valence-corrected chi connectivity index (χ0v) is 14.6. The Morgan fingerprint density at radius 1 is 1.08 bits per heavy atom. The molecular formula is C19H22F2N4O. The van der Waals surface area contributed by atoms with Gasteiger partial charge in [0.2, 0.25) is 0 Å². The number of nitrogens with zero attached hydrogens (tertiary/aromatic N) is 4. The normalized spacial score (nSPS) is 20.5. The average Bonchev–Trinajstić information content (AvgIpc) is 2.90. The van der Waals surface area contributed by atoms with Gasteiger partial charge in [0, 0.05) is 38.0 Å². The van der Waals surface area contributed by atoms with Crippen LogP contribution in [-0.4, -0.2) is 38.7 Å². The van der Waals surface area contributed by atoms with E-state index in [2.05, 4.69) is 14.8 Å². The highest BCUT2D eigenvalue weighted by atomic mass is 19.1. The van der Waals surface area contributed by atoms with Gasteiger partial charge < -0.3 is 9.47 Å². The summed E-state index contributed by atoms with van der Waals surface area (Å²) in [6.45, 7) is 2.00. The fourth-order valence-electron chi connectivity index (χ4n) is 4.02. The first-order valence-electron chi connectivity index (χ1n) is 9.30. The fraction of sp³-hybridized carbons (Fsp3) is 0.526. The molecule has 0 aliphatic carbocycles. The lowest BCUT2D eigenvalue weighted by atomic mass is 9.96. The van der Waals surface area contributed by atoms with Crippen LogP contribution in [0.2, 0.25) is 0 Å². The van der Waals surface area contributed by atoms with Gasteiger partial charge in [0.15, 0.2) is 0 Å². The highest BCUT2D eigenvalue weighted by molar-refractivity contribution is 5.94. The van der Waals surface area contributed by atoms with Gasteiger partial charge in [-0.05, 0) is 37.8 Å². The second-order valence-electron chi connectivity index (χ2n) is 7.15. The van der Waals surface area contributed by atoms with E-state index in [0.717, 1.165) is 62.4 Å². The Labute approximate surface area is 151 Å². The van der Waals surface area contributed by atoms with Crippen molar-refractivity contribution in [2.45, 2.75) is 51.0 Å². The van der Waals surface area contributed by atoms with Gasteiger partial charge in [0.05, 0.1) is 5.56 Å². The minimum atomic E-state index is -0.812. The van der Waals surface area contributed by atoms with Crippen LogP contribution in [0.4, 0.5) is 8.78 Å². The second kappa shape index (κ2) is 7.13. The smallest absolute Gasteiger partial charge is 0.256 e. The van der Waals surface area contributed by atoms with Gasteiger partial charge in [-0.25, -0.2) is 8.78 Å². The van der Waals surface area contributed by atoms with E-state index in [9.17, 15) is 13.6 Å². The molecule has 2 aromatic rings. The molecule has 5 nitrogen and oxygen atoms in total. The third-order valence-electron chi connectivity index (χ3n) is 5.37. The molecule has 0 saturated carbocycles. The number of carbonyl (C=O) groups excluding carboxylic acids is 1. The maximum Gasteiger partial charge on any atom is 0.256 e. The number of halogens is 2. The standard InChI is InChI=1S/C19H22F2N4O/c20-14-7-8-15(16(21)11-14)19(26)24-9-4-5-13(12-24)18-23-22-17-6-2-1-3-10-25(17)18/h7-8,11,13H,1-6,9-10,12H2. The van der Waals surface area contributed by atoms with Crippen LogP contribution in [0.3, 0.4) is 0 Å². The van der Waals surface area contributed by atoms with Crippen molar-refractivity contribution >= 4 is 5.91 Å². The zero-order chi connectivity index (χ0) is 18.1. The third kappa shape index (κ3) is 3.22. The Kier molecular flexibility index (Phi) is 4.70. The molecule has 1 fully saturated rings. The van der Waals surface area contributed by atoms with Crippen LogP contribution >= 0.6 is 0 Å². The van der Waals surface area contributed by atoms with Gasteiger partial charge in [-0.1, -0.05) is 6.42 Å². The van der Waals surface area contributed by atoms with Crippen LogP contribution in [0, 0.1) is 11.6 Å². The molecular weight excluding hydrogens is 338 g/mol. The highest BCUT2D eigenvalue weighted by Crippen LogP contribution is 2.29. The molecule has 1 amide bonds. The Balaban J connectivity index is 1.54. The molecule has 0 N–H and O–H groups in total. The van der Waals surface area contributed by atoms with Gasteiger partial charge in [-0.3, -0.25) is 4.79 Å². The van der Waals surface area contributed by atoms with E-state index < -0.39 is 11.6 Å². The van der Waals surface area contributed by atoms with E-state index in [-0.39, 0.29) is 17.4 Å². The molecule has 4 rings (SSSR count). The van der Waals surface area contributed by atoms with Crippen molar-refractivity contribution in [1.29, 1.82) is 0 Å². The molecule has 0 spiro atoms. The summed E-state index contributed by atoms with van der Waals surface area (Å²) in [4.78, 5) is 14.4. The number of hydrogen-bond acceptors (Lipinski definition) is 3. The first-order valence-corrected chi connectivity index (χ1v) is 9.30. The summed E-state index contributed by atoms with van der Waals surface area (Å²) in [6, 6.07) is 3.10. The second-order valence-corrected chi connectivity index (χ2v) is 7.15. The molecule has 2 aliphatic heterocycles. The summed E-state index contributed by atoms with van der Waals surface area (Å²) in [5, 5.41) is 8.76. The van der Waals surface area contributed by atoms with Gasteiger partial charge in [0.1, 0.15) is 23.3 Å². The number of aryl methyl sites for hydroxylation is 1. The van der Waals surface area contributed by atoms with Crippen molar-refractivity contribution in [2.24, 2.45) is 0 Å². The number of amides is 1. The fourth-order valence-corrected chi connectivity index (χ4v) is 4.02. The SMILES string of the molecule is O=C(c1ccc(F)cc1F)N1CCCC(c2nnc3n2CCCCC3)C1. The number of fused-ring (bicyclic) bond motifs is 1. The van der Waals surface area contributed by atoms with Gasteiger partial charge in [0.25, 0.3) is 5.91 Å². The van der Waals surface area contributed by atoms with Gasteiger partial charge >= 0.3 is 0 Å². The molecule has 138 valence electrons. The van der Waals surface area contributed by atoms with Crippen LogP contribution in [0.25, 0.3) is 0 Å². The molecule has 26 heavy (non-hydrogen) atoms. The lowest BCUT2D eigenvalue weighted by Crippen LogP contribution is -2.40. The largest absolute Gasteiger partial charge is 0.338 e. The Bertz CT molecular complexity index is 820. The van der Waals surface area contributed by atoms with E-state index in [1.165, 1.54) is 12.5 Å². The third-order valence-corrected chi connectivity index (χ3v) is 5.37. The van der Waals surface area contributed by atoms with E-state index in [1.54, 1.807) is 4.90 Å². The van der Waals surface area contributed by atoms with E-state index in [0.29, 0.717) is 13.1 Å². The number of likely N-dealkylation sites (tertiary alicyclic amines) is 1. The Hall–Kier alpha value is -2.31. The molecule has 0 radical (unpaired) electrons. The number of aromatic nitrogens is 3. The number of benzene rings is 1. The van der Waals surface area contributed by atoms with E-state index in [4.69, 9.17) is 0 Å². The molecule has 7 heteroatoms. The zero-order valence-electron chi connectivity index (χ0n) is 14.6. The van der Waals surface area contributed by atoms with Crippen molar-refractivity contribution < 1.29 is 13.6 Å². The number of piperidine rings is 1. The van der Waals surface area contributed by atoms with Crippen LogP contribution in [0.5, 0.6) is 0 Å². The van der Waals surface area contributed by atoms with Crippen LogP contribution in [-0.2, 0) is 13.0 Å². The summed E-state index contributed by atoms with van der Waals surface area (Å²) in [5.74, 6) is 0.207. The lowest BCUT2D eigenvalue weighted by Gasteiger charge is -2.32. The van der Waals surface area contributed by atoms with E-state index in [1.807, 2.05) is 0 Å². The van der Waals surface area contributed by atoms with Crippen molar-refractivity contribution in [3.8, 4) is 0 Å². The predicted octanol–water partition coefficient (Wildman–Crippen LogP) is 3.30. The number of rotatable bonds is 2. The summed E-state index contributed by atoms with van der Waals surface area (Å²) in [6.07, 6.45) is 6.17. The first kappa shape index (κ1) is 17.1. The maximum absolute atomic E-state index is 14.0. The number of hydrogen-bond donors (Lipinski definition) is 0. The van der Waals surface area contributed by atoms with Crippen LogP contribution in [0.1, 0.15) is 60.0 Å². The lowest BCUT2D eigenvalue weighted by molar-refractivity contribution is 0.0698. The van der Waals surface area contributed by atoms with Gasteiger partial charge in [-0.2, -0.15) is 0 Å². The highest BCUT2D eigenvalue weighted by Gasteiger charge is 2.30. The van der Waals surface area contributed by atoms with Crippen LogP contribution in [0.15, 0.2) is 18.2 Å². The van der Waals surface area contributed by atoms with Crippen molar-refractivity contribution in [2.75, 3.05) is 13.1 Å². The maximum atomic E-state index is 14.0. The number of carbonyl (C=O) groups is 1. The molecule has 3 heterocycles. The molecule has 1 unspecified atom stereocenters. The average molecular weight is 360 g/mol. The minimum absolute atomic E-state index is 0.0767. The quantitative estimate of drug-likeness (QED) is 0.826. The van der Waals surface area contributed by atoms with Crippen LogP contribution < -0.4 is 0 Å². The topological polar surface area (TPSA) is 51.0 Å². The van der Waals surface area contributed by atoms with Gasteiger partial charge in [-0.15, -0.1) is 10.2 Å². The molecule has 1 aromatic carbocycles. The summed E-state index contributed by atoms with van der Waals surface area (Å²) < 4.78 is 29.3. The summed E-state index contributed by atoms with van der Waals surface area (Å²) in [7, 11) is 0. The first-order chi connectivity index (χ1) is 12.6. The Morgan fingerprint density at radius 3 is 2.81 bits per heavy atom. The summed E-state index contributed by atoms with van der Waals surface area (Å²) in [5.41, 5.74) is -0.0767. The monoisotopic (exact) mass is 360 g/mol. The van der Waals surface area contributed by atoms with Crippen molar-refractivity contribution in [1.82, 2.24) is 19.7 Å². The minimum Gasteiger partial charge on any atom is -0.338 e. The molecule has 1 saturated heterocycles. The van der Waals surface area contributed by atoms with Crippen molar-refractivity contribution in [3.05, 3.63) is 47.0 Å². The van der Waals surface area contributed by atoms with E-state index >= 15 is 0 Å². The molecule has 1 aromatic heterocycles. The molecule has 1 atom stereocenters. The summed E-state index contributed by atoms with van der Waals surface area (Å²) >= 11 is 0. The molecule has 2 aliphatic rings. The molecule has 0 bridgehead atoms. The predicted molar refractivity (Wildman–Crippen MR) is 91.8 cm³/mol. The van der Waals surface area contributed by atoms with Crippen molar-refractivity contribution in [3.63, 3.8) is 0 Å².